The highest BCUT2D eigenvalue weighted by molar-refractivity contribution is 6.31. The minimum absolute atomic E-state index is 0.0764. The van der Waals surface area contributed by atoms with E-state index in [1.807, 2.05) is 13.8 Å². The standard InChI is InChI=1S/C14H20ClFO2/c1-10(2)6-14(8-17,9-18)7-11-4-3-5-12(16)13(11)15/h3-5,10,17-18H,6-9H2,1-2H3. The number of aliphatic hydroxyl groups is 2. The molecular weight excluding hydrogens is 255 g/mol. The van der Waals surface area contributed by atoms with E-state index in [9.17, 15) is 14.6 Å². The van der Waals surface area contributed by atoms with Gasteiger partial charge in [-0.1, -0.05) is 37.6 Å². The maximum atomic E-state index is 13.4. The van der Waals surface area contributed by atoms with Gasteiger partial charge >= 0.3 is 0 Å². The molecule has 0 bridgehead atoms. The van der Waals surface area contributed by atoms with Crippen molar-refractivity contribution < 1.29 is 14.6 Å². The van der Waals surface area contributed by atoms with Crippen molar-refractivity contribution in [3.05, 3.63) is 34.6 Å². The average Bonchev–Trinajstić information content (AvgIpc) is 2.33. The van der Waals surface area contributed by atoms with Crippen molar-refractivity contribution >= 4 is 11.6 Å². The van der Waals surface area contributed by atoms with Crippen LogP contribution in [0.2, 0.25) is 5.02 Å². The molecule has 0 aromatic heterocycles. The van der Waals surface area contributed by atoms with E-state index >= 15 is 0 Å². The number of hydrogen-bond acceptors (Lipinski definition) is 2. The average molecular weight is 275 g/mol. The number of aliphatic hydroxyl groups excluding tert-OH is 2. The molecule has 4 heteroatoms. The number of halogens is 2. The first-order valence-electron chi connectivity index (χ1n) is 6.09. The predicted molar refractivity (Wildman–Crippen MR) is 71.2 cm³/mol. The van der Waals surface area contributed by atoms with Crippen molar-refractivity contribution in [2.24, 2.45) is 11.3 Å². The Hall–Kier alpha value is -0.640. The Morgan fingerprint density at radius 1 is 1.28 bits per heavy atom. The highest BCUT2D eigenvalue weighted by Crippen LogP contribution is 2.33. The Bertz CT molecular complexity index is 389. The van der Waals surface area contributed by atoms with Gasteiger partial charge < -0.3 is 10.2 Å². The molecule has 0 heterocycles. The molecule has 18 heavy (non-hydrogen) atoms. The second-order valence-corrected chi connectivity index (χ2v) is 5.68. The summed E-state index contributed by atoms with van der Waals surface area (Å²) in [6.45, 7) is 3.75. The van der Waals surface area contributed by atoms with Crippen LogP contribution in [0.3, 0.4) is 0 Å². The fraction of sp³-hybridized carbons (Fsp3) is 0.571. The van der Waals surface area contributed by atoms with Crippen molar-refractivity contribution in [2.75, 3.05) is 13.2 Å². The summed E-state index contributed by atoms with van der Waals surface area (Å²) in [7, 11) is 0. The van der Waals surface area contributed by atoms with Gasteiger partial charge in [-0.2, -0.15) is 0 Å². The van der Waals surface area contributed by atoms with Crippen LogP contribution in [0.25, 0.3) is 0 Å². The maximum absolute atomic E-state index is 13.4. The lowest BCUT2D eigenvalue weighted by atomic mass is 9.76. The number of hydrogen-bond donors (Lipinski definition) is 2. The molecule has 0 saturated heterocycles. The third-order valence-corrected chi connectivity index (χ3v) is 3.53. The van der Waals surface area contributed by atoms with Gasteiger partial charge in [0.1, 0.15) is 5.82 Å². The smallest absolute Gasteiger partial charge is 0.142 e. The molecule has 1 rings (SSSR count). The van der Waals surface area contributed by atoms with E-state index in [2.05, 4.69) is 0 Å². The lowest BCUT2D eigenvalue weighted by Gasteiger charge is -2.32. The van der Waals surface area contributed by atoms with Gasteiger partial charge in [0.15, 0.2) is 0 Å². The number of rotatable bonds is 6. The normalized spacial score (nSPS) is 12.2. The summed E-state index contributed by atoms with van der Waals surface area (Å²) in [5, 5.41) is 19.2. The molecule has 2 N–H and O–H groups in total. The third-order valence-electron chi connectivity index (χ3n) is 3.11. The summed E-state index contributed by atoms with van der Waals surface area (Å²) in [5.41, 5.74) is -0.0218. The molecule has 0 radical (unpaired) electrons. The molecule has 0 aliphatic heterocycles. The molecule has 0 saturated carbocycles. The minimum atomic E-state index is -0.647. The van der Waals surface area contributed by atoms with E-state index in [0.29, 0.717) is 24.3 Å². The Morgan fingerprint density at radius 2 is 1.89 bits per heavy atom. The van der Waals surface area contributed by atoms with Crippen molar-refractivity contribution in [1.82, 2.24) is 0 Å². The van der Waals surface area contributed by atoms with Crippen LogP contribution >= 0.6 is 11.6 Å². The number of benzene rings is 1. The Kier molecular flexibility index (Phi) is 5.57. The molecule has 0 unspecified atom stereocenters. The second-order valence-electron chi connectivity index (χ2n) is 5.30. The summed E-state index contributed by atoms with van der Waals surface area (Å²) in [6.07, 6.45) is 1.03. The maximum Gasteiger partial charge on any atom is 0.142 e. The SMILES string of the molecule is CC(C)CC(CO)(CO)Cc1cccc(F)c1Cl. The Labute approximate surface area is 112 Å². The van der Waals surface area contributed by atoms with Crippen LogP contribution < -0.4 is 0 Å². The van der Waals surface area contributed by atoms with E-state index < -0.39 is 11.2 Å². The van der Waals surface area contributed by atoms with E-state index in [-0.39, 0.29) is 18.2 Å². The van der Waals surface area contributed by atoms with Gasteiger partial charge in [-0.3, -0.25) is 0 Å². The predicted octanol–water partition coefficient (Wildman–Crippen LogP) is 3.04. The highest BCUT2D eigenvalue weighted by atomic mass is 35.5. The summed E-state index contributed by atoms with van der Waals surface area (Å²) < 4.78 is 13.4. The molecule has 1 aromatic rings. The molecule has 1 aromatic carbocycles. The van der Waals surface area contributed by atoms with Crippen molar-refractivity contribution in [2.45, 2.75) is 26.7 Å². The van der Waals surface area contributed by atoms with Gasteiger partial charge in [0.2, 0.25) is 0 Å². The third kappa shape index (κ3) is 3.67. The first-order chi connectivity index (χ1) is 8.44. The highest BCUT2D eigenvalue weighted by Gasteiger charge is 2.31. The first kappa shape index (κ1) is 15.4. The molecular formula is C14H20ClFO2. The zero-order valence-electron chi connectivity index (χ0n) is 10.8. The van der Waals surface area contributed by atoms with Crippen molar-refractivity contribution in [1.29, 1.82) is 0 Å². The monoisotopic (exact) mass is 274 g/mol. The zero-order chi connectivity index (χ0) is 13.8. The molecule has 0 amide bonds. The summed E-state index contributed by atoms with van der Waals surface area (Å²) in [5.74, 6) is -0.139. The van der Waals surface area contributed by atoms with Gasteiger partial charge in [-0.15, -0.1) is 0 Å². The van der Waals surface area contributed by atoms with Crippen LogP contribution in [0.1, 0.15) is 25.8 Å². The van der Waals surface area contributed by atoms with Crippen LogP contribution in [0.5, 0.6) is 0 Å². The lowest BCUT2D eigenvalue weighted by molar-refractivity contribution is 0.0369. The fourth-order valence-corrected chi connectivity index (χ4v) is 2.51. The van der Waals surface area contributed by atoms with Crippen LogP contribution in [0.4, 0.5) is 4.39 Å². The van der Waals surface area contributed by atoms with E-state index in [0.717, 1.165) is 0 Å². The van der Waals surface area contributed by atoms with Crippen molar-refractivity contribution in [3.63, 3.8) is 0 Å². The summed E-state index contributed by atoms with van der Waals surface area (Å²) in [6, 6.07) is 4.62. The van der Waals surface area contributed by atoms with E-state index in [1.54, 1.807) is 12.1 Å². The molecule has 0 spiro atoms. The van der Waals surface area contributed by atoms with Gasteiger partial charge in [-0.05, 0) is 30.4 Å². The van der Waals surface area contributed by atoms with Gasteiger partial charge in [0.25, 0.3) is 0 Å². The van der Waals surface area contributed by atoms with Gasteiger partial charge in [0.05, 0.1) is 18.2 Å². The summed E-state index contributed by atoms with van der Waals surface area (Å²) in [4.78, 5) is 0. The molecule has 0 aliphatic rings. The molecule has 0 atom stereocenters. The first-order valence-corrected chi connectivity index (χ1v) is 6.46. The quantitative estimate of drug-likeness (QED) is 0.837. The van der Waals surface area contributed by atoms with Gasteiger partial charge in [-0.25, -0.2) is 4.39 Å². The lowest BCUT2D eigenvalue weighted by Crippen LogP contribution is -2.34. The van der Waals surface area contributed by atoms with Crippen LogP contribution in [0.15, 0.2) is 18.2 Å². The topological polar surface area (TPSA) is 40.5 Å². The Morgan fingerprint density at radius 3 is 2.39 bits per heavy atom. The molecule has 2 nitrogen and oxygen atoms in total. The molecule has 0 aliphatic carbocycles. The van der Waals surface area contributed by atoms with E-state index in [1.165, 1.54) is 6.07 Å². The molecule has 102 valence electrons. The zero-order valence-corrected chi connectivity index (χ0v) is 11.5. The molecule has 0 fully saturated rings. The van der Waals surface area contributed by atoms with Crippen LogP contribution in [0, 0.1) is 17.2 Å². The largest absolute Gasteiger partial charge is 0.396 e. The fourth-order valence-electron chi connectivity index (χ4n) is 2.32. The summed E-state index contributed by atoms with van der Waals surface area (Å²) >= 11 is 5.91. The van der Waals surface area contributed by atoms with Crippen LogP contribution in [-0.2, 0) is 6.42 Å². The van der Waals surface area contributed by atoms with Crippen molar-refractivity contribution in [3.8, 4) is 0 Å². The van der Waals surface area contributed by atoms with E-state index in [4.69, 9.17) is 11.6 Å². The second kappa shape index (κ2) is 6.50. The minimum Gasteiger partial charge on any atom is -0.396 e. The van der Waals surface area contributed by atoms with Gasteiger partial charge in [0, 0.05) is 5.41 Å². The Balaban J connectivity index is 2.99. The van der Waals surface area contributed by atoms with Crippen LogP contribution in [-0.4, -0.2) is 23.4 Å².